The van der Waals surface area contributed by atoms with Gasteiger partial charge >= 0.3 is 0 Å². The molecule has 1 aliphatic rings. The molecule has 1 amide bonds. The number of carbonyl (C=O) groups excluding carboxylic acids is 1. The lowest BCUT2D eigenvalue weighted by Gasteiger charge is -2.11. The van der Waals surface area contributed by atoms with Gasteiger partial charge in [-0.05, 0) is 69.2 Å². The van der Waals surface area contributed by atoms with Gasteiger partial charge in [-0.3, -0.25) is 9.69 Å². The minimum Gasteiger partial charge on any atom is -0.318 e. The number of aromatic nitrogens is 1. The number of aryl methyl sites for hydroxylation is 2. The van der Waals surface area contributed by atoms with Crippen molar-refractivity contribution in [3.63, 3.8) is 0 Å². The molecule has 1 aromatic heterocycles. The van der Waals surface area contributed by atoms with Crippen molar-refractivity contribution in [3.05, 3.63) is 56.2 Å². The number of amides is 1. The summed E-state index contributed by atoms with van der Waals surface area (Å²) in [6, 6.07) is 8.43. The Morgan fingerprint density at radius 1 is 1.24 bits per heavy atom. The van der Waals surface area contributed by atoms with Crippen LogP contribution in [-0.2, 0) is 4.79 Å². The van der Waals surface area contributed by atoms with Gasteiger partial charge in [0.2, 0.25) is 0 Å². The van der Waals surface area contributed by atoms with Crippen molar-refractivity contribution >= 4 is 56.2 Å². The molecule has 0 atom stereocenters. The second kappa shape index (κ2) is 7.09. The summed E-state index contributed by atoms with van der Waals surface area (Å²) in [6.45, 7) is 8.79. The first kappa shape index (κ1) is 18.4. The number of likely N-dealkylation sites (N-methyl/N-ethyl adjacent to an activating group) is 1. The van der Waals surface area contributed by atoms with Crippen LogP contribution in [-0.4, -0.2) is 26.2 Å². The van der Waals surface area contributed by atoms with E-state index in [4.69, 9.17) is 12.2 Å². The third-order valence-corrected chi connectivity index (χ3v) is 6.61. The van der Waals surface area contributed by atoms with Gasteiger partial charge < -0.3 is 4.57 Å². The Hall–Kier alpha value is -1.37. The molecule has 0 aliphatic carbocycles. The zero-order valence-corrected chi connectivity index (χ0v) is 17.8. The van der Waals surface area contributed by atoms with Crippen LogP contribution in [0.2, 0.25) is 0 Å². The first-order valence-electron chi connectivity index (χ1n) is 8.04. The van der Waals surface area contributed by atoms with Crippen molar-refractivity contribution in [2.24, 2.45) is 0 Å². The molecule has 3 rings (SSSR count). The molecule has 0 saturated carbocycles. The van der Waals surface area contributed by atoms with Crippen LogP contribution in [0.15, 0.2) is 33.6 Å². The van der Waals surface area contributed by atoms with Crippen LogP contribution < -0.4 is 0 Å². The number of carbonyl (C=O) groups is 1. The molecule has 1 fully saturated rings. The Morgan fingerprint density at radius 3 is 2.56 bits per heavy atom. The van der Waals surface area contributed by atoms with E-state index in [1.54, 1.807) is 4.90 Å². The molecule has 3 nitrogen and oxygen atoms in total. The van der Waals surface area contributed by atoms with Crippen molar-refractivity contribution in [2.45, 2.75) is 27.7 Å². The molecular weight excluding hydrogens is 416 g/mol. The standard InChI is InChI=1S/C19H19BrN2OS2/c1-5-21-18(23)17(25-19(21)24)10-14-9-12(3)22(13(14)4)15-6-7-16(20)11(2)8-15/h6-10H,5H2,1-4H3/b17-10-. The molecule has 0 unspecified atom stereocenters. The van der Waals surface area contributed by atoms with E-state index in [2.05, 4.69) is 65.5 Å². The van der Waals surface area contributed by atoms with Crippen molar-refractivity contribution in [2.75, 3.05) is 6.54 Å². The van der Waals surface area contributed by atoms with E-state index in [0.29, 0.717) is 15.8 Å². The molecule has 130 valence electrons. The van der Waals surface area contributed by atoms with Gasteiger partial charge in [0.05, 0.1) is 4.91 Å². The van der Waals surface area contributed by atoms with Gasteiger partial charge in [-0.2, -0.15) is 0 Å². The predicted molar refractivity (Wildman–Crippen MR) is 113 cm³/mol. The van der Waals surface area contributed by atoms with Crippen molar-refractivity contribution in [3.8, 4) is 5.69 Å². The molecule has 1 saturated heterocycles. The van der Waals surface area contributed by atoms with E-state index < -0.39 is 0 Å². The molecule has 1 aromatic carbocycles. The number of benzene rings is 1. The summed E-state index contributed by atoms with van der Waals surface area (Å²) in [5.41, 5.74) is 5.61. The van der Waals surface area contributed by atoms with Gasteiger partial charge in [0, 0.05) is 28.1 Å². The molecule has 6 heteroatoms. The number of hydrogen-bond acceptors (Lipinski definition) is 3. The van der Waals surface area contributed by atoms with E-state index in [1.165, 1.54) is 17.3 Å². The summed E-state index contributed by atoms with van der Waals surface area (Å²) in [5, 5.41) is 0. The lowest BCUT2D eigenvalue weighted by molar-refractivity contribution is -0.121. The summed E-state index contributed by atoms with van der Waals surface area (Å²) < 4.78 is 3.95. The van der Waals surface area contributed by atoms with Gasteiger partial charge in [-0.1, -0.05) is 39.9 Å². The van der Waals surface area contributed by atoms with Gasteiger partial charge in [-0.25, -0.2) is 0 Å². The molecule has 0 bridgehead atoms. The Balaban J connectivity index is 2.03. The summed E-state index contributed by atoms with van der Waals surface area (Å²) >= 11 is 10.2. The number of thioether (sulfide) groups is 1. The van der Waals surface area contributed by atoms with E-state index in [9.17, 15) is 4.79 Å². The highest BCUT2D eigenvalue weighted by Crippen LogP contribution is 2.34. The fourth-order valence-electron chi connectivity index (χ4n) is 3.01. The lowest BCUT2D eigenvalue weighted by Crippen LogP contribution is -2.27. The maximum atomic E-state index is 12.4. The van der Waals surface area contributed by atoms with Crippen LogP contribution in [0, 0.1) is 20.8 Å². The molecular formula is C19H19BrN2OS2. The third kappa shape index (κ3) is 3.35. The molecule has 2 heterocycles. The number of nitrogens with zero attached hydrogens (tertiary/aromatic N) is 2. The number of hydrogen-bond donors (Lipinski definition) is 0. The molecule has 2 aromatic rings. The smallest absolute Gasteiger partial charge is 0.266 e. The van der Waals surface area contributed by atoms with Crippen molar-refractivity contribution in [1.82, 2.24) is 9.47 Å². The Labute approximate surface area is 166 Å². The zero-order valence-electron chi connectivity index (χ0n) is 14.6. The highest BCUT2D eigenvalue weighted by atomic mass is 79.9. The molecule has 0 radical (unpaired) electrons. The second-order valence-corrected chi connectivity index (χ2v) is 8.55. The van der Waals surface area contributed by atoms with Crippen LogP contribution in [0.5, 0.6) is 0 Å². The summed E-state index contributed by atoms with van der Waals surface area (Å²) in [4.78, 5) is 14.8. The SMILES string of the molecule is CCN1C(=O)/C(=C/c2cc(C)n(-c3ccc(Br)c(C)c3)c2C)SC1=S. The van der Waals surface area contributed by atoms with Crippen LogP contribution >= 0.6 is 39.9 Å². The normalized spacial score (nSPS) is 16.4. The minimum absolute atomic E-state index is 0.00166. The highest BCUT2D eigenvalue weighted by molar-refractivity contribution is 9.10. The van der Waals surface area contributed by atoms with Gasteiger partial charge in [0.15, 0.2) is 0 Å². The summed E-state index contributed by atoms with van der Waals surface area (Å²) in [5.74, 6) is 0.00166. The number of halogens is 1. The van der Waals surface area contributed by atoms with Crippen LogP contribution in [0.25, 0.3) is 11.8 Å². The fourth-order valence-corrected chi connectivity index (χ4v) is 4.63. The van der Waals surface area contributed by atoms with E-state index in [-0.39, 0.29) is 5.91 Å². The highest BCUT2D eigenvalue weighted by Gasteiger charge is 2.30. The van der Waals surface area contributed by atoms with E-state index in [0.717, 1.165) is 27.1 Å². The largest absolute Gasteiger partial charge is 0.318 e. The van der Waals surface area contributed by atoms with Crippen LogP contribution in [0.3, 0.4) is 0 Å². The zero-order chi connectivity index (χ0) is 18.3. The maximum absolute atomic E-state index is 12.4. The third-order valence-electron chi connectivity index (χ3n) is 4.35. The Kier molecular flexibility index (Phi) is 5.23. The number of thiocarbonyl (C=S) groups is 1. The van der Waals surface area contributed by atoms with E-state index >= 15 is 0 Å². The van der Waals surface area contributed by atoms with E-state index in [1.807, 2.05) is 13.0 Å². The first-order valence-corrected chi connectivity index (χ1v) is 10.1. The number of rotatable bonds is 3. The minimum atomic E-state index is 0.00166. The van der Waals surface area contributed by atoms with Gasteiger partial charge in [0.25, 0.3) is 5.91 Å². The summed E-state index contributed by atoms with van der Waals surface area (Å²) in [7, 11) is 0. The van der Waals surface area contributed by atoms with Gasteiger partial charge in [0.1, 0.15) is 4.32 Å². The van der Waals surface area contributed by atoms with Crippen molar-refractivity contribution in [1.29, 1.82) is 0 Å². The molecule has 25 heavy (non-hydrogen) atoms. The van der Waals surface area contributed by atoms with Gasteiger partial charge in [-0.15, -0.1) is 0 Å². The molecule has 1 aliphatic heterocycles. The summed E-state index contributed by atoms with van der Waals surface area (Å²) in [6.07, 6.45) is 1.96. The van der Waals surface area contributed by atoms with Crippen LogP contribution in [0.4, 0.5) is 0 Å². The first-order chi connectivity index (χ1) is 11.8. The Bertz CT molecular complexity index is 914. The fraction of sp³-hybridized carbons (Fsp3) is 0.263. The predicted octanol–water partition coefficient (Wildman–Crippen LogP) is 5.39. The quantitative estimate of drug-likeness (QED) is 0.478. The monoisotopic (exact) mass is 434 g/mol. The topological polar surface area (TPSA) is 25.2 Å². The second-order valence-electron chi connectivity index (χ2n) is 6.02. The maximum Gasteiger partial charge on any atom is 0.266 e. The average molecular weight is 435 g/mol. The molecule has 0 N–H and O–H groups in total. The lowest BCUT2D eigenvalue weighted by atomic mass is 10.2. The Morgan fingerprint density at radius 2 is 1.96 bits per heavy atom. The van der Waals surface area contributed by atoms with Crippen LogP contribution in [0.1, 0.15) is 29.4 Å². The van der Waals surface area contributed by atoms with Crippen molar-refractivity contribution < 1.29 is 4.79 Å². The molecule has 0 spiro atoms. The average Bonchev–Trinajstić information content (AvgIpc) is 2.99.